The third-order valence-corrected chi connectivity index (χ3v) is 8.66. The van der Waals surface area contributed by atoms with E-state index in [4.69, 9.17) is 15.9 Å². The van der Waals surface area contributed by atoms with Gasteiger partial charge in [0.1, 0.15) is 5.84 Å². The molecule has 0 bridgehead atoms. The molecule has 4 rings (SSSR count). The lowest BCUT2D eigenvalue weighted by molar-refractivity contribution is 0.123. The van der Waals surface area contributed by atoms with Gasteiger partial charge in [-0.1, -0.05) is 36.0 Å². The number of nitrogen functional groups attached to an aromatic ring is 1. The summed E-state index contributed by atoms with van der Waals surface area (Å²) in [5, 5.41) is 7.75. The number of benzene rings is 2. The molecule has 4 nitrogen and oxygen atoms in total. The summed E-state index contributed by atoms with van der Waals surface area (Å²) in [7, 11) is 0. The van der Waals surface area contributed by atoms with Gasteiger partial charge in [-0.3, -0.25) is 5.41 Å². The van der Waals surface area contributed by atoms with Crippen LogP contribution in [0.1, 0.15) is 10.4 Å². The Kier molecular flexibility index (Phi) is 6.73. The van der Waals surface area contributed by atoms with Crippen molar-refractivity contribution in [1.29, 1.82) is 5.41 Å². The third-order valence-electron chi connectivity index (χ3n) is 5.07. The van der Waals surface area contributed by atoms with E-state index in [1.165, 1.54) is 31.5 Å². The van der Waals surface area contributed by atoms with Crippen LogP contribution in [0.3, 0.4) is 0 Å². The van der Waals surface area contributed by atoms with E-state index in [2.05, 4.69) is 60.5 Å². The van der Waals surface area contributed by atoms with Crippen LogP contribution in [0.4, 0.5) is 5.69 Å². The fraction of sp³-hybridized carbons (Fsp3) is 0.261. The second-order valence-corrected chi connectivity index (χ2v) is 10.3. The maximum absolute atomic E-state index is 7.75. The summed E-state index contributed by atoms with van der Waals surface area (Å²) in [6, 6.07) is 17.3. The lowest BCUT2D eigenvalue weighted by Crippen LogP contribution is -2.36. The summed E-state index contributed by atoms with van der Waals surface area (Å²) in [6.07, 6.45) is 2.07. The number of amidine groups is 1. The Morgan fingerprint density at radius 1 is 1.13 bits per heavy atom. The molecule has 30 heavy (non-hydrogen) atoms. The zero-order valence-electron chi connectivity index (χ0n) is 17.1. The third kappa shape index (κ3) is 4.54. The highest BCUT2D eigenvalue weighted by atomic mass is 32.2. The van der Waals surface area contributed by atoms with E-state index in [9.17, 15) is 0 Å². The van der Waals surface area contributed by atoms with Crippen LogP contribution in [0.25, 0.3) is 11.1 Å². The molecule has 0 amide bonds. The number of nitrogens with zero attached hydrogens (tertiary/aromatic N) is 1. The normalized spacial score (nSPS) is 14.1. The van der Waals surface area contributed by atoms with Crippen molar-refractivity contribution in [2.24, 2.45) is 5.73 Å². The van der Waals surface area contributed by atoms with Gasteiger partial charge in [-0.25, -0.2) is 0 Å². The number of hydrogen-bond acceptors (Lipinski definition) is 6. The van der Waals surface area contributed by atoms with E-state index in [1.54, 1.807) is 34.9 Å². The summed E-state index contributed by atoms with van der Waals surface area (Å²) < 4.78 is 6.75. The number of morpholine rings is 1. The molecule has 1 fully saturated rings. The van der Waals surface area contributed by atoms with Gasteiger partial charge in [-0.05, 0) is 48.6 Å². The molecule has 1 aliphatic rings. The molecule has 3 aromatic rings. The number of ether oxygens (including phenoxy) is 1. The fourth-order valence-corrected chi connectivity index (χ4v) is 6.70. The van der Waals surface area contributed by atoms with Crippen molar-refractivity contribution >= 4 is 46.4 Å². The molecule has 7 heteroatoms. The van der Waals surface area contributed by atoms with Crippen molar-refractivity contribution in [2.45, 2.75) is 20.9 Å². The molecule has 1 aliphatic heterocycles. The predicted octanol–water partition coefficient (Wildman–Crippen LogP) is 5.72. The standard InChI is InChI=1S/C23H25N3OS3/c1-15-5-3-8-18(26-9-11-27-12-10-26)21(15)16-6-4-7-17(13-16)29-20-14-19(22(24)25)30-23(20)28-2/h3-8,13-14H,9-12H2,1-2H3,(H3,24,25). The summed E-state index contributed by atoms with van der Waals surface area (Å²) in [5.41, 5.74) is 10.8. The molecule has 0 spiro atoms. The molecule has 0 aliphatic carbocycles. The Hall–Kier alpha value is -1.93. The SMILES string of the molecule is CSc1sc(C(=N)N)cc1Sc1cccc(-c2c(C)cccc2N2CCOCC2)c1. The van der Waals surface area contributed by atoms with Gasteiger partial charge in [0.2, 0.25) is 0 Å². The van der Waals surface area contributed by atoms with E-state index >= 15 is 0 Å². The summed E-state index contributed by atoms with van der Waals surface area (Å²) in [5.74, 6) is 0.131. The van der Waals surface area contributed by atoms with Crippen LogP contribution in [0, 0.1) is 12.3 Å². The largest absolute Gasteiger partial charge is 0.383 e. The first-order chi connectivity index (χ1) is 14.6. The first kappa shape index (κ1) is 21.3. The molecule has 0 radical (unpaired) electrons. The maximum Gasteiger partial charge on any atom is 0.133 e. The highest BCUT2D eigenvalue weighted by molar-refractivity contribution is 8.03. The minimum Gasteiger partial charge on any atom is -0.383 e. The van der Waals surface area contributed by atoms with Crippen molar-refractivity contribution in [3.8, 4) is 11.1 Å². The molecule has 156 valence electrons. The van der Waals surface area contributed by atoms with Crippen LogP contribution in [0.15, 0.2) is 62.5 Å². The van der Waals surface area contributed by atoms with Gasteiger partial charge in [0, 0.05) is 34.1 Å². The van der Waals surface area contributed by atoms with Crippen LogP contribution < -0.4 is 10.6 Å². The van der Waals surface area contributed by atoms with Crippen LogP contribution in [0.2, 0.25) is 0 Å². The van der Waals surface area contributed by atoms with Crippen molar-refractivity contribution in [3.05, 3.63) is 59.0 Å². The van der Waals surface area contributed by atoms with Crippen LogP contribution in [-0.4, -0.2) is 38.4 Å². The molecule has 0 unspecified atom stereocenters. The molecular formula is C23H25N3OS3. The topological polar surface area (TPSA) is 62.3 Å². The van der Waals surface area contributed by atoms with Gasteiger partial charge < -0.3 is 15.4 Å². The van der Waals surface area contributed by atoms with Crippen molar-refractivity contribution in [2.75, 3.05) is 37.5 Å². The van der Waals surface area contributed by atoms with Crippen LogP contribution >= 0.6 is 34.9 Å². The molecular weight excluding hydrogens is 430 g/mol. The summed E-state index contributed by atoms with van der Waals surface area (Å²) in [4.78, 5) is 5.60. The average molecular weight is 456 g/mol. The fourth-order valence-electron chi connectivity index (χ4n) is 3.64. The lowest BCUT2D eigenvalue weighted by Gasteiger charge is -2.31. The number of thioether (sulfide) groups is 1. The van der Waals surface area contributed by atoms with Crippen LogP contribution in [-0.2, 0) is 4.74 Å². The molecule has 0 saturated carbocycles. The minimum atomic E-state index is 0.131. The Morgan fingerprint density at radius 2 is 1.90 bits per heavy atom. The predicted molar refractivity (Wildman–Crippen MR) is 131 cm³/mol. The minimum absolute atomic E-state index is 0.131. The first-order valence-corrected chi connectivity index (χ1v) is 12.7. The van der Waals surface area contributed by atoms with Gasteiger partial charge in [0.25, 0.3) is 0 Å². The number of rotatable bonds is 6. The number of aryl methyl sites for hydroxylation is 1. The Bertz CT molecular complexity index is 1060. The quantitative estimate of drug-likeness (QED) is 0.283. The highest BCUT2D eigenvalue weighted by Gasteiger charge is 2.18. The molecule has 1 aromatic heterocycles. The maximum atomic E-state index is 7.75. The van der Waals surface area contributed by atoms with Gasteiger partial charge in [-0.2, -0.15) is 0 Å². The molecule has 1 saturated heterocycles. The van der Waals surface area contributed by atoms with Gasteiger partial charge >= 0.3 is 0 Å². The van der Waals surface area contributed by atoms with E-state index in [-0.39, 0.29) is 5.84 Å². The van der Waals surface area contributed by atoms with E-state index in [0.717, 1.165) is 36.1 Å². The van der Waals surface area contributed by atoms with Gasteiger partial charge in [-0.15, -0.1) is 23.1 Å². The number of nitrogens with two attached hydrogens (primary N) is 1. The first-order valence-electron chi connectivity index (χ1n) is 9.79. The molecule has 2 heterocycles. The Labute approximate surface area is 190 Å². The zero-order chi connectivity index (χ0) is 21.1. The number of thiophene rings is 1. The second kappa shape index (κ2) is 9.47. The lowest BCUT2D eigenvalue weighted by atomic mass is 9.97. The molecule has 2 aromatic carbocycles. The van der Waals surface area contributed by atoms with Gasteiger partial charge in [0.15, 0.2) is 0 Å². The van der Waals surface area contributed by atoms with Crippen LogP contribution in [0.5, 0.6) is 0 Å². The van der Waals surface area contributed by atoms with Crippen molar-refractivity contribution in [1.82, 2.24) is 0 Å². The average Bonchev–Trinajstić information content (AvgIpc) is 3.17. The van der Waals surface area contributed by atoms with Crippen molar-refractivity contribution < 1.29 is 4.74 Å². The van der Waals surface area contributed by atoms with Crippen molar-refractivity contribution in [3.63, 3.8) is 0 Å². The molecule has 0 atom stereocenters. The van der Waals surface area contributed by atoms with E-state index in [1.807, 2.05) is 6.07 Å². The van der Waals surface area contributed by atoms with E-state index in [0.29, 0.717) is 0 Å². The summed E-state index contributed by atoms with van der Waals surface area (Å²) >= 11 is 5.03. The number of anilines is 1. The Balaban J connectivity index is 1.69. The smallest absolute Gasteiger partial charge is 0.133 e. The zero-order valence-corrected chi connectivity index (χ0v) is 19.6. The van der Waals surface area contributed by atoms with Gasteiger partial charge in [0.05, 0.1) is 22.3 Å². The summed E-state index contributed by atoms with van der Waals surface area (Å²) in [6.45, 7) is 5.58. The Morgan fingerprint density at radius 3 is 2.63 bits per heavy atom. The number of hydrogen-bond donors (Lipinski definition) is 2. The monoisotopic (exact) mass is 455 g/mol. The highest BCUT2D eigenvalue weighted by Crippen LogP contribution is 2.42. The van der Waals surface area contributed by atoms with E-state index < -0.39 is 0 Å². The second-order valence-electron chi connectivity index (χ2n) is 7.08. The number of nitrogens with one attached hydrogen (secondary N) is 1. The molecule has 3 N–H and O–H groups in total.